The fraction of sp³-hybridized carbons (Fsp3) is 0.154. The highest BCUT2D eigenvalue weighted by molar-refractivity contribution is 9.10. The summed E-state index contributed by atoms with van der Waals surface area (Å²) in [6.07, 6.45) is 1.44. The van der Waals surface area contributed by atoms with E-state index in [0.717, 1.165) is 15.6 Å². The first-order valence-corrected chi connectivity index (χ1v) is 5.89. The molecule has 88 valence electrons. The average Bonchev–Trinajstić information content (AvgIpc) is 2.76. The third-order valence-corrected chi connectivity index (χ3v) is 2.80. The predicted octanol–water partition coefficient (Wildman–Crippen LogP) is 3.88. The van der Waals surface area contributed by atoms with Crippen molar-refractivity contribution >= 4 is 21.9 Å². The minimum atomic E-state index is -0.483. The Morgan fingerprint density at radius 3 is 2.47 bits per heavy atom. The van der Waals surface area contributed by atoms with Gasteiger partial charge in [-0.2, -0.15) is 0 Å². The highest BCUT2D eigenvalue weighted by atomic mass is 79.9. The predicted molar refractivity (Wildman–Crippen MR) is 67.3 cm³/mol. The van der Waals surface area contributed by atoms with Crippen LogP contribution >= 0.6 is 15.9 Å². The van der Waals surface area contributed by atoms with Gasteiger partial charge >= 0.3 is 5.97 Å². The van der Waals surface area contributed by atoms with E-state index in [1.165, 1.54) is 6.26 Å². The van der Waals surface area contributed by atoms with Gasteiger partial charge in [-0.05, 0) is 49.2 Å². The zero-order chi connectivity index (χ0) is 12.4. The van der Waals surface area contributed by atoms with Gasteiger partial charge in [-0.25, -0.2) is 4.79 Å². The maximum absolute atomic E-state index is 11.7. The highest BCUT2D eigenvalue weighted by Gasteiger charge is 2.14. The van der Waals surface area contributed by atoms with Gasteiger partial charge in [0, 0.05) is 4.47 Å². The smallest absolute Gasteiger partial charge is 0.379 e. The van der Waals surface area contributed by atoms with E-state index in [0.29, 0.717) is 5.75 Å². The lowest BCUT2D eigenvalue weighted by Gasteiger charge is -2.09. The second-order valence-corrected chi connectivity index (χ2v) is 4.65. The van der Waals surface area contributed by atoms with E-state index in [2.05, 4.69) is 15.9 Å². The van der Waals surface area contributed by atoms with E-state index in [1.807, 2.05) is 26.0 Å². The fourth-order valence-electron chi connectivity index (χ4n) is 1.60. The van der Waals surface area contributed by atoms with E-state index < -0.39 is 5.97 Å². The van der Waals surface area contributed by atoms with Crippen molar-refractivity contribution in [2.75, 3.05) is 0 Å². The quantitative estimate of drug-likeness (QED) is 0.623. The molecule has 0 bridgehead atoms. The molecule has 0 unspecified atom stereocenters. The summed E-state index contributed by atoms with van der Waals surface area (Å²) in [5.41, 5.74) is 1.80. The van der Waals surface area contributed by atoms with Crippen molar-refractivity contribution in [1.82, 2.24) is 0 Å². The Hall–Kier alpha value is -1.55. The standard InChI is InChI=1S/C13H11BrO3/c1-8-6-10(14)7-9(2)12(8)17-13(15)11-4-3-5-16-11/h3-7H,1-2H3. The molecular formula is C13H11BrO3. The molecule has 0 spiro atoms. The molecule has 3 nitrogen and oxygen atoms in total. The second kappa shape index (κ2) is 4.75. The molecule has 0 N–H and O–H groups in total. The molecule has 0 saturated carbocycles. The van der Waals surface area contributed by atoms with Gasteiger partial charge in [-0.3, -0.25) is 0 Å². The Bertz CT molecular complexity index is 521. The molecule has 0 atom stereocenters. The van der Waals surface area contributed by atoms with Crippen molar-refractivity contribution in [3.05, 3.63) is 51.9 Å². The maximum atomic E-state index is 11.7. The van der Waals surface area contributed by atoms with Crippen molar-refractivity contribution in [3.63, 3.8) is 0 Å². The molecular weight excluding hydrogens is 284 g/mol. The van der Waals surface area contributed by atoms with Gasteiger partial charge in [-0.15, -0.1) is 0 Å². The Morgan fingerprint density at radius 1 is 1.29 bits per heavy atom. The minimum absolute atomic E-state index is 0.201. The van der Waals surface area contributed by atoms with E-state index in [1.54, 1.807) is 12.1 Å². The number of aryl methyl sites for hydroxylation is 2. The molecule has 0 saturated heterocycles. The summed E-state index contributed by atoms with van der Waals surface area (Å²) >= 11 is 3.39. The topological polar surface area (TPSA) is 39.4 Å². The number of furan rings is 1. The lowest BCUT2D eigenvalue weighted by atomic mass is 10.1. The van der Waals surface area contributed by atoms with Crippen LogP contribution in [-0.4, -0.2) is 5.97 Å². The normalized spacial score (nSPS) is 10.3. The third kappa shape index (κ3) is 2.58. The molecule has 0 radical (unpaired) electrons. The monoisotopic (exact) mass is 294 g/mol. The number of carbonyl (C=O) groups is 1. The number of rotatable bonds is 2. The summed E-state index contributed by atoms with van der Waals surface area (Å²) in [7, 11) is 0. The van der Waals surface area contributed by atoms with Crippen LogP contribution in [0.15, 0.2) is 39.4 Å². The van der Waals surface area contributed by atoms with Gasteiger partial charge in [-0.1, -0.05) is 15.9 Å². The van der Waals surface area contributed by atoms with Crippen LogP contribution in [0, 0.1) is 13.8 Å². The number of hydrogen-bond acceptors (Lipinski definition) is 3. The Balaban J connectivity index is 2.28. The van der Waals surface area contributed by atoms with E-state index >= 15 is 0 Å². The van der Waals surface area contributed by atoms with Gasteiger partial charge < -0.3 is 9.15 Å². The van der Waals surface area contributed by atoms with Crippen molar-refractivity contribution in [2.45, 2.75) is 13.8 Å². The Kier molecular flexibility index (Phi) is 3.33. The van der Waals surface area contributed by atoms with Crippen LogP contribution in [0.1, 0.15) is 21.7 Å². The Labute approximate surface area is 108 Å². The number of hydrogen-bond donors (Lipinski definition) is 0. The molecule has 4 heteroatoms. The van der Waals surface area contributed by atoms with Crippen LogP contribution < -0.4 is 4.74 Å². The minimum Gasteiger partial charge on any atom is -0.457 e. The number of ether oxygens (including phenoxy) is 1. The van der Waals surface area contributed by atoms with Crippen molar-refractivity contribution in [3.8, 4) is 5.75 Å². The summed E-state index contributed by atoms with van der Waals surface area (Å²) in [6, 6.07) is 7.03. The van der Waals surface area contributed by atoms with E-state index in [9.17, 15) is 4.79 Å². The molecule has 0 aliphatic carbocycles. The van der Waals surface area contributed by atoms with Gasteiger partial charge in [0.2, 0.25) is 5.76 Å². The lowest BCUT2D eigenvalue weighted by Crippen LogP contribution is -2.09. The van der Waals surface area contributed by atoms with Crippen LogP contribution in [0.4, 0.5) is 0 Å². The summed E-state index contributed by atoms with van der Waals surface area (Å²) in [5.74, 6) is 0.296. The molecule has 0 fully saturated rings. The molecule has 1 aromatic carbocycles. The highest BCUT2D eigenvalue weighted by Crippen LogP contribution is 2.28. The van der Waals surface area contributed by atoms with Crippen LogP contribution in [0.5, 0.6) is 5.75 Å². The SMILES string of the molecule is Cc1cc(Br)cc(C)c1OC(=O)c1ccco1. The van der Waals surface area contributed by atoms with E-state index in [4.69, 9.17) is 9.15 Å². The maximum Gasteiger partial charge on any atom is 0.379 e. The van der Waals surface area contributed by atoms with Crippen molar-refractivity contribution in [2.24, 2.45) is 0 Å². The van der Waals surface area contributed by atoms with Crippen LogP contribution in [0.25, 0.3) is 0 Å². The van der Waals surface area contributed by atoms with Gasteiger partial charge in [0.15, 0.2) is 0 Å². The fourth-order valence-corrected chi connectivity index (χ4v) is 2.28. The zero-order valence-corrected chi connectivity index (χ0v) is 11.1. The molecule has 1 aromatic heterocycles. The number of carbonyl (C=O) groups excluding carboxylic acids is 1. The number of benzene rings is 1. The van der Waals surface area contributed by atoms with Crippen molar-refractivity contribution < 1.29 is 13.9 Å². The summed E-state index contributed by atoms with van der Waals surface area (Å²) in [4.78, 5) is 11.7. The van der Waals surface area contributed by atoms with Gasteiger partial charge in [0.25, 0.3) is 0 Å². The molecule has 1 heterocycles. The molecule has 0 aliphatic heterocycles. The summed E-state index contributed by atoms with van der Waals surface area (Å²) in [5, 5.41) is 0. The first-order chi connectivity index (χ1) is 8.08. The van der Waals surface area contributed by atoms with Crippen LogP contribution in [-0.2, 0) is 0 Å². The summed E-state index contributed by atoms with van der Waals surface area (Å²) in [6.45, 7) is 3.78. The molecule has 0 amide bonds. The van der Waals surface area contributed by atoms with E-state index in [-0.39, 0.29) is 5.76 Å². The first-order valence-electron chi connectivity index (χ1n) is 5.10. The lowest BCUT2D eigenvalue weighted by molar-refractivity contribution is 0.0699. The second-order valence-electron chi connectivity index (χ2n) is 3.74. The van der Waals surface area contributed by atoms with Gasteiger partial charge in [0.05, 0.1) is 6.26 Å². The third-order valence-electron chi connectivity index (χ3n) is 2.34. The first kappa shape index (κ1) is 11.9. The van der Waals surface area contributed by atoms with Crippen LogP contribution in [0.3, 0.4) is 0 Å². The largest absolute Gasteiger partial charge is 0.457 e. The number of esters is 1. The van der Waals surface area contributed by atoms with Gasteiger partial charge in [0.1, 0.15) is 5.75 Å². The Morgan fingerprint density at radius 2 is 1.94 bits per heavy atom. The molecule has 2 rings (SSSR count). The zero-order valence-electron chi connectivity index (χ0n) is 9.49. The molecule has 0 aliphatic rings. The summed E-state index contributed by atoms with van der Waals surface area (Å²) < 4.78 is 11.3. The molecule has 17 heavy (non-hydrogen) atoms. The average molecular weight is 295 g/mol. The van der Waals surface area contributed by atoms with Crippen molar-refractivity contribution in [1.29, 1.82) is 0 Å². The molecule has 2 aromatic rings. The van der Waals surface area contributed by atoms with Crippen LogP contribution in [0.2, 0.25) is 0 Å². The number of halogens is 1.